The number of esters is 1. The van der Waals surface area contributed by atoms with Crippen LogP contribution in [0, 0.1) is 0 Å². The van der Waals surface area contributed by atoms with Crippen molar-refractivity contribution in [3.8, 4) is 11.3 Å². The van der Waals surface area contributed by atoms with Crippen LogP contribution in [0.25, 0.3) is 11.3 Å². The quantitative estimate of drug-likeness (QED) is 0.659. The van der Waals surface area contributed by atoms with Crippen molar-refractivity contribution in [1.29, 1.82) is 0 Å². The van der Waals surface area contributed by atoms with E-state index in [2.05, 4.69) is 9.72 Å². The lowest BCUT2D eigenvalue weighted by Gasteiger charge is -1.99. The third kappa shape index (κ3) is 3.34. The fraction of sp³-hybridized carbons (Fsp3) is 0.286. The number of ether oxygens (including phenoxy) is 1. The van der Waals surface area contributed by atoms with Gasteiger partial charge in [0, 0.05) is 24.1 Å². The van der Waals surface area contributed by atoms with Crippen molar-refractivity contribution in [2.45, 2.75) is 19.3 Å². The number of oxazole rings is 1. The molecule has 0 bridgehead atoms. The molecule has 0 atom stereocenters. The van der Waals surface area contributed by atoms with Crippen molar-refractivity contribution in [3.05, 3.63) is 36.4 Å². The lowest BCUT2D eigenvalue weighted by Crippen LogP contribution is -2.00. The number of hydrogen-bond donors (Lipinski definition) is 1. The summed E-state index contributed by atoms with van der Waals surface area (Å²) in [7, 11) is 1.38. The van der Waals surface area contributed by atoms with Crippen LogP contribution < -0.4 is 5.73 Å². The summed E-state index contributed by atoms with van der Waals surface area (Å²) in [5, 5.41) is 0. The van der Waals surface area contributed by atoms with Gasteiger partial charge in [-0.3, -0.25) is 4.79 Å². The second-order valence-electron chi connectivity index (χ2n) is 4.14. The van der Waals surface area contributed by atoms with Crippen LogP contribution in [0.2, 0.25) is 0 Å². The zero-order chi connectivity index (χ0) is 13.7. The number of nitrogens with two attached hydrogens (primary N) is 1. The lowest BCUT2D eigenvalue weighted by atomic mass is 10.1. The molecule has 0 unspecified atom stereocenters. The van der Waals surface area contributed by atoms with Crippen LogP contribution in [0.3, 0.4) is 0 Å². The highest BCUT2D eigenvalue weighted by atomic mass is 16.5. The molecule has 0 aliphatic carbocycles. The van der Waals surface area contributed by atoms with Gasteiger partial charge in [-0.2, -0.15) is 0 Å². The molecule has 2 N–H and O–H groups in total. The lowest BCUT2D eigenvalue weighted by molar-refractivity contribution is -0.140. The third-order valence-electron chi connectivity index (χ3n) is 2.79. The van der Waals surface area contributed by atoms with E-state index in [1.165, 1.54) is 7.11 Å². The summed E-state index contributed by atoms with van der Waals surface area (Å²) < 4.78 is 9.94. The van der Waals surface area contributed by atoms with Crippen LogP contribution in [0.1, 0.15) is 18.7 Å². The number of aryl methyl sites for hydroxylation is 1. The Kier molecular flexibility index (Phi) is 4.18. The molecule has 5 heteroatoms. The Morgan fingerprint density at radius 3 is 2.95 bits per heavy atom. The molecule has 0 aliphatic heterocycles. The molecule has 1 aromatic heterocycles. The van der Waals surface area contributed by atoms with Crippen molar-refractivity contribution in [3.63, 3.8) is 0 Å². The van der Waals surface area contributed by atoms with Gasteiger partial charge in [0.15, 0.2) is 5.89 Å². The zero-order valence-corrected chi connectivity index (χ0v) is 10.8. The Labute approximate surface area is 111 Å². The Morgan fingerprint density at radius 2 is 2.21 bits per heavy atom. The van der Waals surface area contributed by atoms with E-state index < -0.39 is 0 Å². The maximum atomic E-state index is 11.0. The topological polar surface area (TPSA) is 78.3 Å². The molecular weight excluding hydrogens is 244 g/mol. The normalized spacial score (nSPS) is 10.4. The minimum atomic E-state index is -0.223. The van der Waals surface area contributed by atoms with Crippen LogP contribution in [-0.2, 0) is 16.0 Å². The van der Waals surface area contributed by atoms with E-state index in [0.29, 0.717) is 36.5 Å². The average molecular weight is 260 g/mol. The number of rotatable bonds is 5. The number of anilines is 1. The first-order chi connectivity index (χ1) is 9.20. The van der Waals surface area contributed by atoms with Crippen LogP contribution in [0.15, 0.2) is 34.9 Å². The Hall–Kier alpha value is -2.30. The van der Waals surface area contributed by atoms with Crippen LogP contribution in [0.5, 0.6) is 0 Å². The average Bonchev–Trinajstić information content (AvgIpc) is 2.87. The van der Waals surface area contributed by atoms with Gasteiger partial charge in [-0.05, 0) is 12.5 Å². The summed E-state index contributed by atoms with van der Waals surface area (Å²) in [6, 6.07) is 7.49. The van der Waals surface area contributed by atoms with E-state index in [0.717, 1.165) is 5.56 Å². The molecule has 0 amide bonds. The number of aromatic nitrogens is 1. The molecule has 1 heterocycles. The summed E-state index contributed by atoms with van der Waals surface area (Å²) >= 11 is 0. The van der Waals surface area contributed by atoms with Gasteiger partial charge in [0.2, 0.25) is 0 Å². The van der Waals surface area contributed by atoms with Gasteiger partial charge in [-0.15, -0.1) is 0 Å². The molecule has 1 aromatic carbocycles. The molecule has 0 fully saturated rings. The summed E-state index contributed by atoms with van der Waals surface area (Å²) in [5.41, 5.74) is 8.11. The van der Waals surface area contributed by atoms with E-state index in [1.807, 2.05) is 24.3 Å². The van der Waals surface area contributed by atoms with Crippen LogP contribution in [-0.4, -0.2) is 18.1 Å². The zero-order valence-electron chi connectivity index (χ0n) is 10.8. The van der Waals surface area contributed by atoms with Gasteiger partial charge in [0.1, 0.15) is 12.0 Å². The summed E-state index contributed by atoms with van der Waals surface area (Å²) in [4.78, 5) is 15.3. The second-order valence-corrected chi connectivity index (χ2v) is 4.14. The van der Waals surface area contributed by atoms with Crippen molar-refractivity contribution in [2.75, 3.05) is 12.8 Å². The molecule has 2 rings (SSSR count). The molecule has 2 aromatic rings. The number of nitrogens with zero attached hydrogens (tertiary/aromatic N) is 1. The second kappa shape index (κ2) is 6.04. The molecule has 19 heavy (non-hydrogen) atoms. The number of benzene rings is 1. The van der Waals surface area contributed by atoms with E-state index in [-0.39, 0.29) is 5.97 Å². The van der Waals surface area contributed by atoms with E-state index in [1.54, 1.807) is 6.26 Å². The SMILES string of the molecule is COC(=O)CCCc1nc(-c2ccccc2N)co1. The molecule has 0 saturated carbocycles. The summed E-state index contributed by atoms with van der Waals surface area (Å²) in [6.45, 7) is 0. The fourth-order valence-corrected chi connectivity index (χ4v) is 1.77. The predicted molar refractivity (Wildman–Crippen MR) is 71.3 cm³/mol. The Balaban J connectivity index is 2.00. The smallest absolute Gasteiger partial charge is 0.305 e. The summed E-state index contributed by atoms with van der Waals surface area (Å²) in [5.74, 6) is 0.376. The highest BCUT2D eigenvalue weighted by Gasteiger charge is 2.09. The molecule has 100 valence electrons. The Morgan fingerprint density at radius 1 is 1.42 bits per heavy atom. The third-order valence-corrected chi connectivity index (χ3v) is 2.79. The Bertz CT molecular complexity index is 563. The first kappa shape index (κ1) is 13.1. The van der Waals surface area contributed by atoms with Gasteiger partial charge < -0.3 is 14.9 Å². The van der Waals surface area contributed by atoms with Gasteiger partial charge >= 0.3 is 5.97 Å². The number of methoxy groups -OCH3 is 1. The van der Waals surface area contributed by atoms with Gasteiger partial charge in [-0.25, -0.2) is 4.98 Å². The highest BCUT2D eigenvalue weighted by molar-refractivity contribution is 5.72. The molecule has 0 spiro atoms. The van der Waals surface area contributed by atoms with E-state index >= 15 is 0 Å². The number of carbonyl (C=O) groups is 1. The molecule has 0 aliphatic rings. The van der Waals surface area contributed by atoms with E-state index in [4.69, 9.17) is 10.2 Å². The molecule has 0 saturated heterocycles. The standard InChI is InChI=1S/C14H16N2O3/c1-18-14(17)8-4-7-13-16-12(9-19-13)10-5-2-3-6-11(10)15/h2-3,5-6,9H,4,7-8,15H2,1H3. The highest BCUT2D eigenvalue weighted by Crippen LogP contribution is 2.24. The maximum Gasteiger partial charge on any atom is 0.305 e. The maximum absolute atomic E-state index is 11.0. The first-order valence-electron chi connectivity index (χ1n) is 6.07. The molecular formula is C14H16N2O3. The number of hydrogen-bond acceptors (Lipinski definition) is 5. The van der Waals surface area contributed by atoms with Gasteiger partial charge in [0.25, 0.3) is 0 Å². The number of para-hydroxylation sites is 1. The van der Waals surface area contributed by atoms with Crippen LogP contribution in [0.4, 0.5) is 5.69 Å². The molecule has 5 nitrogen and oxygen atoms in total. The van der Waals surface area contributed by atoms with Gasteiger partial charge in [0.05, 0.1) is 7.11 Å². The van der Waals surface area contributed by atoms with E-state index in [9.17, 15) is 4.79 Å². The van der Waals surface area contributed by atoms with Crippen LogP contribution >= 0.6 is 0 Å². The van der Waals surface area contributed by atoms with Crippen molar-refractivity contribution in [1.82, 2.24) is 4.98 Å². The summed E-state index contributed by atoms with van der Waals surface area (Å²) in [6.07, 6.45) is 3.19. The van der Waals surface area contributed by atoms with Gasteiger partial charge in [-0.1, -0.05) is 18.2 Å². The molecule has 0 radical (unpaired) electrons. The van der Waals surface area contributed by atoms with Crippen molar-refractivity contribution >= 4 is 11.7 Å². The predicted octanol–water partition coefficient (Wildman–Crippen LogP) is 2.42. The minimum absolute atomic E-state index is 0.223. The van der Waals surface area contributed by atoms with Crippen molar-refractivity contribution < 1.29 is 13.9 Å². The number of nitrogen functional groups attached to an aromatic ring is 1. The van der Waals surface area contributed by atoms with Crippen molar-refractivity contribution in [2.24, 2.45) is 0 Å². The monoisotopic (exact) mass is 260 g/mol. The first-order valence-corrected chi connectivity index (χ1v) is 6.07. The largest absolute Gasteiger partial charge is 0.469 e. The fourth-order valence-electron chi connectivity index (χ4n) is 1.77. The number of carbonyl (C=O) groups excluding carboxylic acids is 1. The minimum Gasteiger partial charge on any atom is -0.469 e.